The number of anilines is 3. The molecule has 2 amide bonds. The fraction of sp³-hybridized carbons (Fsp3) is 0.250. The molecule has 2 heterocycles. The summed E-state index contributed by atoms with van der Waals surface area (Å²) in [5, 5.41) is 2.27. The lowest BCUT2D eigenvalue weighted by atomic mass is 10.1. The number of hydrogen-bond acceptors (Lipinski definition) is 5. The molecule has 0 aliphatic carbocycles. The number of likely N-dealkylation sites (N-methyl/N-ethyl adjacent to an activating group) is 2. The van der Waals surface area contributed by atoms with Crippen LogP contribution < -0.4 is 10.1 Å². The first-order valence-corrected chi connectivity index (χ1v) is 15.7. The third-order valence-electron chi connectivity index (χ3n) is 6.78. The number of thiocarbonyl (C=S) groups is 1. The molecule has 1 aliphatic rings. The number of para-hydroxylation sites is 1. The molecule has 0 N–H and O–H groups in total. The summed E-state index contributed by atoms with van der Waals surface area (Å²) in [6, 6.07) is 19.2. The van der Waals surface area contributed by atoms with E-state index in [0.29, 0.717) is 0 Å². The van der Waals surface area contributed by atoms with E-state index >= 15 is 0 Å². The van der Waals surface area contributed by atoms with Crippen LogP contribution >= 0.6 is 23.6 Å². The number of rotatable bonds is 7. The first kappa shape index (κ1) is 26.9. The van der Waals surface area contributed by atoms with Gasteiger partial charge in [0.15, 0.2) is 5.11 Å². The van der Waals surface area contributed by atoms with Gasteiger partial charge in [0.2, 0.25) is 0 Å². The molecule has 1 aliphatic heterocycles. The minimum atomic E-state index is -1.32. The van der Waals surface area contributed by atoms with Crippen molar-refractivity contribution < 1.29 is 14.0 Å². The molecule has 0 spiro atoms. The van der Waals surface area contributed by atoms with Crippen LogP contribution in [0.15, 0.2) is 60.2 Å². The molecule has 0 unspecified atom stereocenters. The first-order valence-electron chi connectivity index (χ1n) is 12.2. The molecule has 0 atom stereocenters. The first-order chi connectivity index (χ1) is 17.7. The van der Waals surface area contributed by atoms with Gasteiger partial charge >= 0.3 is 0 Å². The van der Waals surface area contributed by atoms with Gasteiger partial charge in [-0.25, -0.2) is 4.39 Å². The summed E-state index contributed by atoms with van der Waals surface area (Å²) in [4.78, 5) is 31.1. The van der Waals surface area contributed by atoms with Crippen LogP contribution in [0, 0.1) is 12.7 Å². The summed E-state index contributed by atoms with van der Waals surface area (Å²) >= 11 is 6.65. The van der Waals surface area contributed by atoms with Crippen molar-refractivity contribution in [3.05, 3.63) is 76.4 Å². The van der Waals surface area contributed by atoms with E-state index in [1.807, 2.05) is 49.4 Å². The van der Waals surface area contributed by atoms with E-state index in [-0.39, 0.29) is 16.5 Å². The monoisotopic (exact) mass is 551 g/mol. The van der Waals surface area contributed by atoms with Gasteiger partial charge in [0.1, 0.15) is 16.4 Å². The maximum atomic E-state index is 14.7. The summed E-state index contributed by atoms with van der Waals surface area (Å²) in [6.07, 6.45) is 1.62. The Bertz CT molecular complexity index is 1370. The predicted octanol–water partition coefficient (Wildman–Crippen LogP) is 5.74. The van der Waals surface area contributed by atoms with E-state index in [9.17, 15) is 14.0 Å². The predicted molar refractivity (Wildman–Crippen MR) is 158 cm³/mol. The van der Waals surface area contributed by atoms with Crippen molar-refractivity contribution in [3.8, 4) is 0 Å². The van der Waals surface area contributed by atoms with Gasteiger partial charge in [-0.3, -0.25) is 19.4 Å². The van der Waals surface area contributed by atoms with E-state index < -0.39 is 20.6 Å². The second-order valence-electron chi connectivity index (χ2n) is 9.08. The number of carbonyl (C=O) groups excluding carboxylic acids is 2. The summed E-state index contributed by atoms with van der Waals surface area (Å²) < 4.78 is 14.7. The highest BCUT2D eigenvalue weighted by Crippen LogP contribution is 2.41. The zero-order chi connectivity index (χ0) is 26.9. The molecule has 192 valence electrons. The molecular formula is C28H30FN3O2S2Si. The fourth-order valence-electron chi connectivity index (χ4n) is 4.62. The SMILES string of the molecule is CC[SiH](CC)c1ccc(F)cc1N(c1ccc(C=C2C(=O)N(C)C(=S)N(C)C2=O)s1)c1ccccc1C. The fourth-order valence-corrected chi connectivity index (χ4v) is 8.22. The average Bonchev–Trinajstić information content (AvgIpc) is 3.35. The van der Waals surface area contributed by atoms with Crippen molar-refractivity contribution in [2.45, 2.75) is 32.9 Å². The lowest BCUT2D eigenvalue weighted by Crippen LogP contribution is -2.52. The highest BCUT2D eigenvalue weighted by molar-refractivity contribution is 7.80. The quantitative estimate of drug-likeness (QED) is 0.163. The second-order valence-corrected chi connectivity index (χ2v) is 14.2. The van der Waals surface area contributed by atoms with Crippen LogP contribution in [0.2, 0.25) is 12.1 Å². The zero-order valence-corrected chi connectivity index (χ0v) is 24.4. The molecule has 0 saturated carbocycles. The Balaban J connectivity index is 1.86. The number of hydrogen-bond donors (Lipinski definition) is 0. The van der Waals surface area contributed by atoms with Gasteiger partial charge in [-0.1, -0.05) is 50.2 Å². The van der Waals surface area contributed by atoms with E-state index in [0.717, 1.165) is 38.9 Å². The van der Waals surface area contributed by atoms with Crippen LogP contribution in [0.1, 0.15) is 24.3 Å². The standard InChI is InChI=1S/C28H30FN3O2S2Si/c1-6-37(7-2)24-14-12-19(29)16-23(24)32(22-11-9-8-10-18(22)3)25-15-13-20(36-25)17-21-26(33)30(4)28(35)31(5)27(21)34/h8-17,37H,6-7H2,1-5H3. The molecule has 0 bridgehead atoms. The molecule has 37 heavy (non-hydrogen) atoms. The van der Waals surface area contributed by atoms with Crippen molar-refractivity contribution >= 4 is 76.9 Å². The third kappa shape index (κ3) is 5.16. The van der Waals surface area contributed by atoms with Crippen molar-refractivity contribution in [3.63, 3.8) is 0 Å². The summed E-state index contributed by atoms with van der Waals surface area (Å²) in [6.45, 7) is 6.46. The molecule has 2 aromatic carbocycles. The smallest absolute Gasteiger partial charge is 0.265 e. The van der Waals surface area contributed by atoms with Crippen LogP contribution in [-0.4, -0.2) is 49.6 Å². The zero-order valence-electron chi connectivity index (χ0n) is 21.6. The minimum absolute atomic E-state index is 0.0605. The van der Waals surface area contributed by atoms with Gasteiger partial charge in [-0.05, 0) is 66.3 Å². The van der Waals surface area contributed by atoms with Crippen molar-refractivity contribution in [1.82, 2.24) is 9.80 Å². The lowest BCUT2D eigenvalue weighted by Gasteiger charge is -2.31. The Morgan fingerprint density at radius 3 is 2.24 bits per heavy atom. The Hall–Kier alpha value is -3.14. The number of aryl methyl sites for hydroxylation is 1. The maximum absolute atomic E-state index is 14.7. The third-order valence-corrected chi connectivity index (χ3v) is 11.7. The van der Waals surface area contributed by atoms with Gasteiger partial charge < -0.3 is 4.90 Å². The van der Waals surface area contributed by atoms with Crippen LogP contribution in [0.25, 0.3) is 6.08 Å². The number of benzene rings is 2. The summed E-state index contributed by atoms with van der Waals surface area (Å²) in [5.74, 6) is -1.13. The van der Waals surface area contributed by atoms with Crippen molar-refractivity contribution in [2.24, 2.45) is 0 Å². The second kappa shape index (κ2) is 11.1. The number of nitrogens with zero attached hydrogens (tertiary/aromatic N) is 3. The average molecular weight is 552 g/mol. The van der Waals surface area contributed by atoms with Crippen LogP contribution in [0.5, 0.6) is 0 Å². The van der Waals surface area contributed by atoms with Gasteiger partial charge in [-0.2, -0.15) is 0 Å². The largest absolute Gasteiger partial charge is 0.302 e. The lowest BCUT2D eigenvalue weighted by molar-refractivity contribution is -0.132. The van der Waals surface area contributed by atoms with E-state index in [2.05, 4.69) is 18.7 Å². The van der Waals surface area contributed by atoms with Crippen molar-refractivity contribution in [1.29, 1.82) is 0 Å². The molecule has 5 nitrogen and oxygen atoms in total. The van der Waals surface area contributed by atoms with E-state index in [4.69, 9.17) is 12.2 Å². The van der Waals surface area contributed by atoms with Gasteiger partial charge in [0.05, 0.1) is 8.80 Å². The molecule has 4 rings (SSSR count). The Morgan fingerprint density at radius 2 is 1.62 bits per heavy atom. The number of carbonyl (C=O) groups is 2. The Morgan fingerprint density at radius 1 is 0.973 bits per heavy atom. The highest BCUT2D eigenvalue weighted by atomic mass is 32.1. The molecule has 9 heteroatoms. The molecule has 3 aromatic rings. The van der Waals surface area contributed by atoms with E-state index in [1.54, 1.807) is 32.3 Å². The summed E-state index contributed by atoms with van der Waals surface area (Å²) in [5.41, 5.74) is 2.94. The topological polar surface area (TPSA) is 43.9 Å². The van der Waals surface area contributed by atoms with Gasteiger partial charge in [0.25, 0.3) is 11.8 Å². The number of halogens is 1. The van der Waals surface area contributed by atoms with Crippen LogP contribution in [0.4, 0.5) is 20.8 Å². The normalized spacial score (nSPS) is 14.1. The van der Waals surface area contributed by atoms with E-state index in [1.165, 1.54) is 26.3 Å². The minimum Gasteiger partial charge on any atom is -0.302 e. The van der Waals surface area contributed by atoms with Crippen LogP contribution in [-0.2, 0) is 9.59 Å². The maximum Gasteiger partial charge on any atom is 0.265 e. The van der Waals surface area contributed by atoms with Crippen LogP contribution in [0.3, 0.4) is 0 Å². The molecular weight excluding hydrogens is 522 g/mol. The van der Waals surface area contributed by atoms with Gasteiger partial charge in [0, 0.05) is 30.3 Å². The van der Waals surface area contributed by atoms with Gasteiger partial charge in [-0.15, -0.1) is 11.3 Å². The summed E-state index contributed by atoms with van der Waals surface area (Å²) in [7, 11) is 1.81. The molecule has 1 saturated heterocycles. The Kier molecular flexibility index (Phi) is 8.06. The number of thiophene rings is 1. The van der Waals surface area contributed by atoms with Crippen molar-refractivity contribution in [2.75, 3.05) is 19.0 Å². The highest BCUT2D eigenvalue weighted by Gasteiger charge is 2.35. The Labute approximate surface area is 228 Å². The molecule has 1 aromatic heterocycles. The number of amides is 2. The molecule has 0 radical (unpaired) electrons. The molecule has 1 fully saturated rings.